The summed E-state index contributed by atoms with van der Waals surface area (Å²) in [5, 5.41) is 10.8. The molecule has 0 bridgehead atoms. The summed E-state index contributed by atoms with van der Waals surface area (Å²) in [4.78, 5) is 4.48. The number of nitrogens with zero attached hydrogens (tertiary/aromatic N) is 2. The van der Waals surface area contributed by atoms with Gasteiger partial charge in [-0.15, -0.1) is 0 Å². The number of benzene rings is 2. The Labute approximate surface area is 114 Å². The van der Waals surface area contributed by atoms with Crippen LogP contribution in [0.4, 0.5) is 0 Å². The first-order valence-electron chi connectivity index (χ1n) is 6.75. The SMILES string of the molecule is CN1CCN(C(=N)c2ccc3ccccc3c2)CC1. The van der Waals surface area contributed by atoms with E-state index < -0.39 is 0 Å². The normalized spacial score (nSPS) is 16.8. The van der Waals surface area contributed by atoms with Crippen molar-refractivity contribution in [3.63, 3.8) is 0 Å². The molecule has 3 rings (SSSR count). The number of amidine groups is 1. The second-order valence-electron chi connectivity index (χ2n) is 5.20. The lowest BCUT2D eigenvalue weighted by atomic mass is 10.1. The van der Waals surface area contributed by atoms with E-state index in [9.17, 15) is 0 Å². The van der Waals surface area contributed by atoms with E-state index in [1.165, 1.54) is 10.8 Å². The molecule has 2 aromatic rings. The molecular weight excluding hydrogens is 234 g/mol. The zero-order valence-corrected chi connectivity index (χ0v) is 11.3. The fourth-order valence-electron chi connectivity index (χ4n) is 2.55. The highest BCUT2D eigenvalue weighted by molar-refractivity contribution is 6.00. The Kier molecular flexibility index (Phi) is 3.22. The molecule has 1 aliphatic rings. The van der Waals surface area contributed by atoms with Gasteiger partial charge in [-0.3, -0.25) is 5.41 Å². The van der Waals surface area contributed by atoms with Crippen LogP contribution < -0.4 is 0 Å². The number of nitrogens with one attached hydrogen (secondary N) is 1. The van der Waals surface area contributed by atoms with Crippen LogP contribution >= 0.6 is 0 Å². The molecule has 0 saturated carbocycles. The zero-order valence-electron chi connectivity index (χ0n) is 11.3. The molecule has 0 atom stereocenters. The Balaban J connectivity index is 1.85. The van der Waals surface area contributed by atoms with E-state index >= 15 is 0 Å². The average Bonchev–Trinajstić information content (AvgIpc) is 2.47. The smallest absolute Gasteiger partial charge is 0.128 e. The first-order valence-corrected chi connectivity index (χ1v) is 6.75. The minimum absolute atomic E-state index is 0.652. The van der Waals surface area contributed by atoms with Gasteiger partial charge in [0.05, 0.1) is 0 Å². The highest BCUT2D eigenvalue weighted by Crippen LogP contribution is 2.17. The standard InChI is InChI=1S/C16H19N3/c1-18-8-10-19(11-9-18)16(17)15-7-6-13-4-2-3-5-14(13)12-15/h2-7,12,17H,8-11H2,1H3. The summed E-state index contributed by atoms with van der Waals surface area (Å²) in [6, 6.07) is 14.6. The highest BCUT2D eigenvalue weighted by atomic mass is 15.3. The van der Waals surface area contributed by atoms with Crippen LogP contribution in [0.3, 0.4) is 0 Å². The number of rotatable bonds is 1. The Morgan fingerprint density at radius 3 is 2.37 bits per heavy atom. The second-order valence-corrected chi connectivity index (χ2v) is 5.20. The van der Waals surface area contributed by atoms with E-state index in [-0.39, 0.29) is 0 Å². The summed E-state index contributed by atoms with van der Waals surface area (Å²) in [7, 11) is 2.14. The highest BCUT2D eigenvalue weighted by Gasteiger charge is 2.17. The van der Waals surface area contributed by atoms with Crippen molar-refractivity contribution < 1.29 is 0 Å². The van der Waals surface area contributed by atoms with Crippen LogP contribution in [-0.2, 0) is 0 Å². The van der Waals surface area contributed by atoms with Gasteiger partial charge in [-0.05, 0) is 23.9 Å². The Hall–Kier alpha value is -1.87. The molecular formula is C16H19N3. The molecule has 1 fully saturated rings. The van der Waals surface area contributed by atoms with Crippen LogP contribution in [0, 0.1) is 5.41 Å². The summed E-state index contributed by atoms with van der Waals surface area (Å²) >= 11 is 0. The number of hydrogen-bond acceptors (Lipinski definition) is 2. The van der Waals surface area contributed by atoms with Crippen LogP contribution in [0.5, 0.6) is 0 Å². The van der Waals surface area contributed by atoms with Gasteiger partial charge in [0.2, 0.25) is 0 Å². The van der Waals surface area contributed by atoms with Gasteiger partial charge < -0.3 is 9.80 Å². The molecule has 0 unspecified atom stereocenters. The lowest BCUT2D eigenvalue weighted by Gasteiger charge is -2.34. The summed E-state index contributed by atoms with van der Waals surface area (Å²) in [5.41, 5.74) is 1.02. The predicted octanol–water partition coefficient (Wildman–Crippen LogP) is 2.41. The molecule has 0 spiro atoms. The average molecular weight is 253 g/mol. The van der Waals surface area contributed by atoms with E-state index in [4.69, 9.17) is 5.41 Å². The van der Waals surface area contributed by atoms with Crippen molar-refractivity contribution in [2.75, 3.05) is 33.2 Å². The van der Waals surface area contributed by atoms with Crippen molar-refractivity contribution in [1.82, 2.24) is 9.80 Å². The van der Waals surface area contributed by atoms with Crippen LogP contribution in [0.25, 0.3) is 10.8 Å². The largest absolute Gasteiger partial charge is 0.354 e. The third kappa shape index (κ3) is 2.47. The third-order valence-electron chi connectivity index (χ3n) is 3.84. The van der Waals surface area contributed by atoms with Crippen molar-refractivity contribution in [1.29, 1.82) is 5.41 Å². The summed E-state index contributed by atoms with van der Waals surface area (Å²) in [6.45, 7) is 3.97. The maximum atomic E-state index is 8.37. The van der Waals surface area contributed by atoms with Crippen LogP contribution in [0.15, 0.2) is 42.5 Å². The van der Waals surface area contributed by atoms with Crippen LogP contribution in [0.2, 0.25) is 0 Å². The number of hydrogen-bond donors (Lipinski definition) is 1. The molecule has 19 heavy (non-hydrogen) atoms. The summed E-state index contributed by atoms with van der Waals surface area (Å²) in [6.07, 6.45) is 0. The van der Waals surface area contributed by atoms with E-state index in [0.29, 0.717) is 5.84 Å². The maximum Gasteiger partial charge on any atom is 0.128 e. The molecule has 2 aromatic carbocycles. The minimum atomic E-state index is 0.652. The molecule has 1 aliphatic heterocycles. The number of likely N-dealkylation sites (N-methyl/N-ethyl adjacent to an activating group) is 1. The quantitative estimate of drug-likeness (QED) is 0.625. The molecule has 1 N–H and O–H groups in total. The van der Waals surface area contributed by atoms with Crippen molar-refractivity contribution in [2.45, 2.75) is 0 Å². The van der Waals surface area contributed by atoms with Gasteiger partial charge in [0.15, 0.2) is 0 Å². The first-order chi connectivity index (χ1) is 9.24. The van der Waals surface area contributed by atoms with Crippen molar-refractivity contribution >= 4 is 16.6 Å². The second kappa shape index (κ2) is 5.02. The maximum absolute atomic E-state index is 8.37. The van der Waals surface area contributed by atoms with Gasteiger partial charge in [-0.2, -0.15) is 0 Å². The fraction of sp³-hybridized carbons (Fsp3) is 0.312. The lowest BCUT2D eigenvalue weighted by Crippen LogP contribution is -2.47. The monoisotopic (exact) mass is 253 g/mol. The van der Waals surface area contributed by atoms with E-state index in [0.717, 1.165) is 31.7 Å². The van der Waals surface area contributed by atoms with Gasteiger partial charge in [0, 0.05) is 31.7 Å². The number of piperazine rings is 1. The molecule has 98 valence electrons. The molecule has 0 aliphatic carbocycles. The van der Waals surface area contributed by atoms with Gasteiger partial charge in [-0.1, -0.05) is 36.4 Å². The van der Waals surface area contributed by atoms with E-state index in [1.54, 1.807) is 0 Å². The molecule has 1 heterocycles. The molecule has 0 aromatic heterocycles. The van der Waals surface area contributed by atoms with Crippen molar-refractivity contribution in [3.8, 4) is 0 Å². The van der Waals surface area contributed by atoms with Crippen molar-refractivity contribution in [3.05, 3.63) is 48.0 Å². The molecule has 3 heteroatoms. The van der Waals surface area contributed by atoms with Crippen LogP contribution in [-0.4, -0.2) is 48.9 Å². The molecule has 0 radical (unpaired) electrons. The van der Waals surface area contributed by atoms with E-state index in [1.807, 2.05) is 12.1 Å². The molecule has 3 nitrogen and oxygen atoms in total. The topological polar surface area (TPSA) is 30.3 Å². The number of fused-ring (bicyclic) bond motifs is 1. The van der Waals surface area contributed by atoms with Gasteiger partial charge in [0.1, 0.15) is 5.84 Å². The fourth-order valence-corrected chi connectivity index (χ4v) is 2.55. The predicted molar refractivity (Wildman–Crippen MR) is 79.8 cm³/mol. The summed E-state index contributed by atoms with van der Waals surface area (Å²) in [5.74, 6) is 0.652. The molecule has 0 amide bonds. The molecule has 1 saturated heterocycles. The minimum Gasteiger partial charge on any atom is -0.354 e. The lowest BCUT2D eigenvalue weighted by molar-refractivity contribution is 0.215. The van der Waals surface area contributed by atoms with Crippen molar-refractivity contribution in [2.24, 2.45) is 0 Å². The zero-order chi connectivity index (χ0) is 13.2. The van der Waals surface area contributed by atoms with E-state index in [2.05, 4.69) is 47.2 Å². The Morgan fingerprint density at radius 1 is 0.947 bits per heavy atom. The van der Waals surface area contributed by atoms with Crippen LogP contribution in [0.1, 0.15) is 5.56 Å². The third-order valence-corrected chi connectivity index (χ3v) is 3.84. The Bertz CT molecular complexity index is 598. The summed E-state index contributed by atoms with van der Waals surface area (Å²) < 4.78 is 0. The Morgan fingerprint density at radius 2 is 1.63 bits per heavy atom. The van der Waals surface area contributed by atoms with Gasteiger partial charge in [0.25, 0.3) is 0 Å². The van der Waals surface area contributed by atoms with Gasteiger partial charge >= 0.3 is 0 Å². The van der Waals surface area contributed by atoms with Gasteiger partial charge in [-0.25, -0.2) is 0 Å². The first kappa shape index (κ1) is 12.2.